The topological polar surface area (TPSA) is 73.3 Å². The summed E-state index contributed by atoms with van der Waals surface area (Å²) >= 11 is 1.39. The fourth-order valence-electron chi connectivity index (χ4n) is 2.72. The zero-order valence-electron chi connectivity index (χ0n) is 13.7. The molecule has 0 radical (unpaired) electrons. The zero-order chi connectivity index (χ0) is 17.3. The van der Waals surface area contributed by atoms with Gasteiger partial charge in [0.05, 0.1) is 10.6 Å². The van der Waals surface area contributed by atoms with Gasteiger partial charge in [-0.1, -0.05) is 13.0 Å². The number of thiophene rings is 1. The molecule has 130 valence electrons. The van der Waals surface area contributed by atoms with E-state index in [2.05, 4.69) is 16.2 Å². The third-order valence-electron chi connectivity index (χ3n) is 4.27. The van der Waals surface area contributed by atoms with Gasteiger partial charge in [-0.2, -0.15) is 8.42 Å². The number of amides is 1. The highest BCUT2D eigenvalue weighted by Crippen LogP contribution is 2.23. The summed E-state index contributed by atoms with van der Waals surface area (Å²) in [5.74, 6) is -0.263. The van der Waals surface area contributed by atoms with Crippen molar-refractivity contribution >= 4 is 33.2 Å². The van der Waals surface area contributed by atoms with E-state index < -0.39 is 10.2 Å². The van der Waals surface area contributed by atoms with Gasteiger partial charge in [0.2, 0.25) is 0 Å². The summed E-state index contributed by atoms with van der Waals surface area (Å²) in [7, 11) is -2.51. The van der Waals surface area contributed by atoms with Crippen molar-refractivity contribution in [2.75, 3.05) is 39.8 Å². The molecule has 0 saturated carbocycles. The van der Waals surface area contributed by atoms with Crippen molar-refractivity contribution in [2.45, 2.75) is 6.92 Å². The van der Waals surface area contributed by atoms with Crippen LogP contribution in [0.2, 0.25) is 0 Å². The second-order valence-electron chi connectivity index (χ2n) is 5.66. The van der Waals surface area contributed by atoms with Crippen LogP contribution in [0.3, 0.4) is 0 Å². The Kier molecular flexibility index (Phi) is 4.75. The number of carbonyl (C=O) groups excluding carboxylic acids is 1. The van der Waals surface area contributed by atoms with Crippen LogP contribution in [-0.2, 0) is 15.0 Å². The number of piperazine rings is 1. The minimum Gasteiger partial charge on any atom is -0.335 e. The molecule has 1 fully saturated rings. The molecule has 1 aromatic rings. The first-order valence-electron chi connectivity index (χ1n) is 7.78. The Morgan fingerprint density at radius 2 is 2.00 bits per heavy atom. The van der Waals surface area contributed by atoms with E-state index in [1.807, 2.05) is 11.4 Å². The number of hydrogen-bond donors (Lipinski definition) is 0. The number of nitrogens with zero attached hydrogens (tertiary/aromatic N) is 4. The predicted octanol–water partition coefficient (Wildman–Crippen LogP) is 0.775. The minimum absolute atomic E-state index is 0.151. The lowest BCUT2D eigenvalue weighted by Gasteiger charge is -2.35. The number of rotatable bonds is 3. The molecule has 1 aromatic heterocycles. The molecule has 1 amide bonds. The fourth-order valence-corrected chi connectivity index (χ4v) is 4.37. The monoisotopic (exact) mass is 368 g/mol. The van der Waals surface area contributed by atoms with Gasteiger partial charge in [-0.15, -0.1) is 15.7 Å². The maximum Gasteiger partial charge on any atom is 0.345 e. The van der Waals surface area contributed by atoms with Gasteiger partial charge in [0, 0.05) is 33.2 Å². The van der Waals surface area contributed by atoms with Crippen molar-refractivity contribution in [1.29, 1.82) is 0 Å². The van der Waals surface area contributed by atoms with Crippen LogP contribution in [0.25, 0.3) is 0 Å². The summed E-state index contributed by atoms with van der Waals surface area (Å²) in [5.41, 5.74) is 0.469. The molecule has 0 unspecified atom stereocenters. The van der Waals surface area contributed by atoms with Crippen LogP contribution < -0.4 is 0 Å². The Bertz CT molecular complexity index is 776. The molecule has 2 aliphatic rings. The highest BCUT2D eigenvalue weighted by Gasteiger charge is 2.33. The van der Waals surface area contributed by atoms with E-state index in [-0.39, 0.29) is 11.6 Å². The fraction of sp³-hybridized carbons (Fsp3) is 0.467. The highest BCUT2D eigenvalue weighted by molar-refractivity contribution is 7.88. The molecule has 0 N–H and O–H groups in total. The molecule has 24 heavy (non-hydrogen) atoms. The van der Waals surface area contributed by atoms with Gasteiger partial charge >= 0.3 is 10.2 Å². The summed E-state index contributed by atoms with van der Waals surface area (Å²) in [5, 5.41) is 1.85. The van der Waals surface area contributed by atoms with Gasteiger partial charge in [0.25, 0.3) is 5.91 Å². The van der Waals surface area contributed by atoms with Gasteiger partial charge in [0.15, 0.2) is 0 Å². The van der Waals surface area contributed by atoms with Crippen LogP contribution in [0.4, 0.5) is 0 Å². The van der Waals surface area contributed by atoms with Crippen molar-refractivity contribution in [3.63, 3.8) is 0 Å². The Morgan fingerprint density at radius 3 is 2.58 bits per heavy atom. The van der Waals surface area contributed by atoms with E-state index in [9.17, 15) is 13.2 Å². The average Bonchev–Trinajstić information content (AvgIpc) is 3.11. The molecule has 0 aliphatic carbocycles. The molecule has 3 rings (SSSR count). The van der Waals surface area contributed by atoms with E-state index >= 15 is 0 Å². The zero-order valence-corrected chi connectivity index (χ0v) is 15.3. The summed E-state index contributed by atoms with van der Waals surface area (Å²) in [4.78, 5) is 17.5. The predicted molar refractivity (Wildman–Crippen MR) is 94.3 cm³/mol. The summed E-state index contributed by atoms with van der Waals surface area (Å²) in [6.45, 7) is 5.85. The summed E-state index contributed by atoms with van der Waals surface area (Å²) in [6, 6.07) is 3.62. The van der Waals surface area contributed by atoms with Crippen molar-refractivity contribution in [3.05, 3.63) is 34.2 Å². The van der Waals surface area contributed by atoms with Crippen LogP contribution in [0, 0.1) is 0 Å². The second-order valence-corrected chi connectivity index (χ2v) is 8.23. The first-order valence-corrected chi connectivity index (χ1v) is 10.1. The molecular formula is C15H20N4O3S2. The van der Waals surface area contributed by atoms with Crippen LogP contribution in [0.1, 0.15) is 11.8 Å². The lowest BCUT2D eigenvalue weighted by Crippen LogP contribution is -2.50. The Balaban J connectivity index is 1.88. The van der Waals surface area contributed by atoms with Crippen LogP contribution in [-0.4, -0.2) is 73.9 Å². The van der Waals surface area contributed by atoms with E-state index in [0.717, 1.165) is 28.8 Å². The number of likely N-dealkylation sites (N-methyl/N-ethyl adjacent to an activating group) is 2. The van der Waals surface area contributed by atoms with Crippen molar-refractivity contribution < 1.29 is 13.2 Å². The molecule has 0 aromatic carbocycles. The molecule has 2 aliphatic heterocycles. The van der Waals surface area contributed by atoms with E-state index in [4.69, 9.17) is 0 Å². The molecule has 9 heteroatoms. The highest BCUT2D eigenvalue weighted by atomic mass is 32.2. The molecule has 0 atom stereocenters. The van der Waals surface area contributed by atoms with E-state index in [1.54, 1.807) is 17.0 Å². The first-order chi connectivity index (χ1) is 11.4. The van der Waals surface area contributed by atoms with E-state index in [0.29, 0.717) is 18.8 Å². The van der Waals surface area contributed by atoms with Gasteiger partial charge in [0.1, 0.15) is 5.70 Å². The van der Waals surface area contributed by atoms with Gasteiger partial charge in [-0.3, -0.25) is 4.79 Å². The average molecular weight is 368 g/mol. The smallest absolute Gasteiger partial charge is 0.335 e. The number of allylic oxidation sites excluding steroid dienone is 1. The molecule has 3 heterocycles. The second kappa shape index (κ2) is 6.66. The molecule has 0 spiro atoms. The molecular weight excluding hydrogens is 348 g/mol. The molecule has 7 nitrogen and oxygen atoms in total. The standard InChI is InChI=1S/C15H20N4O3S2/c1-3-18-6-8-19(9-7-18)15(20)13-11-12(14-5-4-10-23-14)16-24(21,22)17(13)2/h4-5,10-11H,3,6-9H2,1-2H3. The lowest BCUT2D eigenvalue weighted by molar-refractivity contribution is -0.129. The summed E-state index contributed by atoms with van der Waals surface area (Å²) < 4.78 is 29.4. The molecule has 0 bridgehead atoms. The Hall–Kier alpha value is -1.71. The largest absolute Gasteiger partial charge is 0.345 e. The minimum atomic E-state index is -3.88. The third kappa shape index (κ3) is 3.24. The Morgan fingerprint density at radius 1 is 1.29 bits per heavy atom. The normalized spacial score (nSPS) is 21.4. The lowest BCUT2D eigenvalue weighted by atomic mass is 10.2. The van der Waals surface area contributed by atoms with Crippen LogP contribution in [0.15, 0.2) is 33.7 Å². The number of carbonyl (C=O) groups is 1. The first kappa shape index (κ1) is 17.1. The third-order valence-corrected chi connectivity index (χ3v) is 6.48. The van der Waals surface area contributed by atoms with E-state index in [1.165, 1.54) is 18.4 Å². The van der Waals surface area contributed by atoms with Gasteiger partial charge in [-0.25, -0.2) is 4.31 Å². The maximum absolute atomic E-state index is 12.8. The maximum atomic E-state index is 12.8. The quantitative estimate of drug-likeness (QED) is 0.790. The Labute approximate surface area is 146 Å². The summed E-state index contributed by atoms with van der Waals surface area (Å²) in [6.07, 6.45) is 1.57. The van der Waals surface area contributed by atoms with Crippen molar-refractivity contribution in [3.8, 4) is 0 Å². The SMILES string of the molecule is CCN1CCN(C(=O)C2=CC(c3cccs3)=NS(=O)(=O)N2C)CC1. The number of hydrogen-bond acceptors (Lipinski definition) is 5. The van der Waals surface area contributed by atoms with Gasteiger partial charge < -0.3 is 9.80 Å². The van der Waals surface area contributed by atoms with Crippen LogP contribution >= 0.6 is 11.3 Å². The van der Waals surface area contributed by atoms with Crippen LogP contribution in [0.5, 0.6) is 0 Å². The van der Waals surface area contributed by atoms with Gasteiger partial charge in [-0.05, 0) is 24.1 Å². The van der Waals surface area contributed by atoms with Crippen molar-refractivity contribution in [2.24, 2.45) is 4.40 Å². The molecule has 1 saturated heterocycles. The van der Waals surface area contributed by atoms with Crippen molar-refractivity contribution in [1.82, 2.24) is 14.1 Å².